The third-order valence-electron chi connectivity index (χ3n) is 1.96. The van der Waals surface area contributed by atoms with Gasteiger partial charge >= 0.3 is 5.97 Å². The molecule has 0 bridgehead atoms. The van der Waals surface area contributed by atoms with E-state index in [0.29, 0.717) is 12.2 Å². The molecule has 0 aliphatic rings. The minimum absolute atomic E-state index is 0.311. The molecule has 1 rings (SSSR count). The molecule has 0 saturated heterocycles. The van der Waals surface area contributed by atoms with Crippen molar-refractivity contribution in [3.05, 3.63) is 48.0 Å². The Morgan fingerprint density at radius 3 is 3.00 bits per heavy atom. The van der Waals surface area contributed by atoms with Crippen molar-refractivity contribution in [2.24, 2.45) is 0 Å². The smallest absolute Gasteiger partial charge is 0.333 e. The molecule has 0 spiro atoms. The summed E-state index contributed by atoms with van der Waals surface area (Å²) in [6, 6.07) is 10.8. The van der Waals surface area contributed by atoms with Crippen molar-refractivity contribution in [3.8, 4) is 0 Å². The molecular formula is C13H15O2. The number of aryl methyl sites for hydroxylation is 1. The van der Waals surface area contributed by atoms with Crippen molar-refractivity contribution in [2.75, 3.05) is 6.61 Å². The number of esters is 1. The monoisotopic (exact) mass is 203 g/mol. The molecule has 0 fully saturated rings. The van der Waals surface area contributed by atoms with Crippen LogP contribution in [0.4, 0.5) is 0 Å². The summed E-state index contributed by atoms with van der Waals surface area (Å²) in [4.78, 5) is 11.0. The van der Waals surface area contributed by atoms with Crippen LogP contribution in [0.5, 0.6) is 0 Å². The van der Waals surface area contributed by atoms with Gasteiger partial charge in [0, 0.05) is 5.57 Å². The normalized spacial score (nSPS) is 9.67. The first-order valence-corrected chi connectivity index (χ1v) is 4.98. The van der Waals surface area contributed by atoms with E-state index in [1.807, 2.05) is 24.3 Å². The molecule has 1 radical (unpaired) electrons. The number of hydrogen-bond donors (Lipinski definition) is 0. The molecule has 0 aliphatic carbocycles. The van der Waals surface area contributed by atoms with Gasteiger partial charge in [-0.15, -0.1) is 0 Å². The fraction of sp³-hybridized carbons (Fsp3) is 0.308. The van der Waals surface area contributed by atoms with E-state index in [-0.39, 0.29) is 5.97 Å². The Morgan fingerprint density at radius 1 is 1.60 bits per heavy atom. The molecule has 0 amide bonds. The lowest BCUT2D eigenvalue weighted by atomic mass is 10.1. The van der Waals surface area contributed by atoms with Gasteiger partial charge in [-0.1, -0.05) is 30.8 Å². The Balaban J connectivity index is 2.18. The minimum atomic E-state index is -0.311. The van der Waals surface area contributed by atoms with Gasteiger partial charge in [0.15, 0.2) is 0 Å². The number of rotatable bonds is 5. The maximum absolute atomic E-state index is 11.0. The third kappa shape index (κ3) is 4.45. The Bertz CT molecular complexity index is 328. The van der Waals surface area contributed by atoms with E-state index in [1.54, 1.807) is 6.92 Å². The maximum Gasteiger partial charge on any atom is 0.333 e. The van der Waals surface area contributed by atoms with E-state index < -0.39 is 0 Å². The lowest BCUT2D eigenvalue weighted by Gasteiger charge is -2.03. The summed E-state index contributed by atoms with van der Waals surface area (Å²) in [5.41, 5.74) is 1.66. The topological polar surface area (TPSA) is 26.3 Å². The van der Waals surface area contributed by atoms with E-state index in [1.165, 1.54) is 5.56 Å². The Hall–Kier alpha value is -1.57. The molecule has 1 aromatic carbocycles. The number of hydrogen-bond acceptors (Lipinski definition) is 2. The molecule has 0 saturated carbocycles. The first-order valence-electron chi connectivity index (χ1n) is 4.98. The maximum atomic E-state index is 11.0. The second kappa shape index (κ2) is 6.02. The number of carbonyl (C=O) groups excluding carboxylic acids is 1. The van der Waals surface area contributed by atoms with Gasteiger partial charge in [-0.3, -0.25) is 0 Å². The average Bonchev–Trinajstić information content (AvgIpc) is 2.25. The summed E-state index contributed by atoms with van der Waals surface area (Å²) >= 11 is 0. The van der Waals surface area contributed by atoms with E-state index in [0.717, 1.165) is 12.8 Å². The van der Waals surface area contributed by atoms with Crippen LogP contribution >= 0.6 is 0 Å². The Kier molecular flexibility index (Phi) is 4.61. The first kappa shape index (κ1) is 11.5. The van der Waals surface area contributed by atoms with Gasteiger partial charge < -0.3 is 4.74 Å². The summed E-state index contributed by atoms with van der Waals surface area (Å²) < 4.78 is 4.98. The molecule has 79 valence electrons. The molecule has 0 aromatic heterocycles. The Labute approximate surface area is 90.6 Å². The third-order valence-corrected chi connectivity index (χ3v) is 1.96. The highest BCUT2D eigenvalue weighted by atomic mass is 16.5. The highest BCUT2D eigenvalue weighted by Gasteiger charge is 2.01. The molecule has 0 heterocycles. The average molecular weight is 203 g/mol. The summed E-state index contributed by atoms with van der Waals surface area (Å²) in [6.45, 7) is 5.60. The van der Waals surface area contributed by atoms with E-state index in [9.17, 15) is 4.79 Å². The molecule has 0 aliphatic heterocycles. The van der Waals surface area contributed by atoms with Gasteiger partial charge in [-0.25, -0.2) is 4.79 Å². The molecule has 15 heavy (non-hydrogen) atoms. The summed E-state index contributed by atoms with van der Waals surface area (Å²) in [7, 11) is 0. The van der Waals surface area contributed by atoms with Gasteiger partial charge in [0.2, 0.25) is 0 Å². The van der Waals surface area contributed by atoms with Gasteiger partial charge in [0.1, 0.15) is 0 Å². The van der Waals surface area contributed by atoms with E-state index in [4.69, 9.17) is 4.74 Å². The highest BCUT2D eigenvalue weighted by Crippen LogP contribution is 2.02. The summed E-state index contributed by atoms with van der Waals surface area (Å²) in [5.74, 6) is -0.311. The SMILES string of the molecule is C=C(C)C(=O)OCCCc1c[c]ccc1. The lowest BCUT2D eigenvalue weighted by Crippen LogP contribution is -2.06. The van der Waals surface area contributed by atoms with Gasteiger partial charge in [-0.2, -0.15) is 0 Å². The Morgan fingerprint density at radius 2 is 2.40 bits per heavy atom. The van der Waals surface area contributed by atoms with Crippen molar-refractivity contribution in [3.63, 3.8) is 0 Å². The van der Waals surface area contributed by atoms with Gasteiger partial charge in [0.25, 0.3) is 0 Å². The molecule has 0 atom stereocenters. The summed E-state index contributed by atoms with van der Waals surface area (Å²) in [5, 5.41) is 0. The molecular weight excluding hydrogens is 188 g/mol. The second-order valence-corrected chi connectivity index (χ2v) is 3.43. The minimum Gasteiger partial charge on any atom is -0.462 e. The van der Waals surface area contributed by atoms with Crippen LogP contribution in [0.2, 0.25) is 0 Å². The van der Waals surface area contributed by atoms with Crippen molar-refractivity contribution in [1.29, 1.82) is 0 Å². The number of carbonyl (C=O) groups is 1. The second-order valence-electron chi connectivity index (χ2n) is 3.43. The first-order chi connectivity index (χ1) is 7.20. The van der Waals surface area contributed by atoms with Crippen LogP contribution in [0.25, 0.3) is 0 Å². The fourth-order valence-electron chi connectivity index (χ4n) is 1.15. The fourth-order valence-corrected chi connectivity index (χ4v) is 1.15. The zero-order valence-electron chi connectivity index (χ0n) is 8.95. The van der Waals surface area contributed by atoms with E-state index >= 15 is 0 Å². The zero-order valence-corrected chi connectivity index (χ0v) is 8.95. The van der Waals surface area contributed by atoms with Crippen LogP contribution in [0.3, 0.4) is 0 Å². The highest BCUT2D eigenvalue weighted by molar-refractivity contribution is 5.86. The lowest BCUT2D eigenvalue weighted by molar-refractivity contribution is -0.139. The number of ether oxygens (including phenoxy) is 1. The predicted octanol–water partition coefficient (Wildman–Crippen LogP) is 2.54. The van der Waals surface area contributed by atoms with Crippen molar-refractivity contribution >= 4 is 5.97 Å². The van der Waals surface area contributed by atoms with Crippen molar-refractivity contribution in [2.45, 2.75) is 19.8 Å². The van der Waals surface area contributed by atoms with Crippen molar-refractivity contribution in [1.82, 2.24) is 0 Å². The van der Waals surface area contributed by atoms with Crippen LogP contribution < -0.4 is 0 Å². The molecule has 0 N–H and O–H groups in total. The molecule has 0 unspecified atom stereocenters. The van der Waals surface area contributed by atoms with Crippen LogP contribution in [0, 0.1) is 6.07 Å². The van der Waals surface area contributed by atoms with Crippen LogP contribution in [-0.2, 0) is 16.0 Å². The van der Waals surface area contributed by atoms with E-state index in [2.05, 4.69) is 12.6 Å². The van der Waals surface area contributed by atoms with Crippen molar-refractivity contribution < 1.29 is 9.53 Å². The summed E-state index contributed by atoms with van der Waals surface area (Å²) in [6.07, 6.45) is 1.73. The van der Waals surface area contributed by atoms with Crippen LogP contribution in [-0.4, -0.2) is 12.6 Å². The van der Waals surface area contributed by atoms with Gasteiger partial charge in [0.05, 0.1) is 6.61 Å². The quantitative estimate of drug-likeness (QED) is 0.417. The number of benzene rings is 1. The zero-order chi connectivity index (χ0) is 11.1. The van der Waals surface area contributed by atoms with Crippen LogP contribution in [0.15, 0.2) is 36.4 Å². The molecule has 2 heteroatoms. The van der Waals surface area contributed by atoms with Crippen LogP contribution in [0.1, 0.15) is 18.9 Å². The standard InChI is InChI=1S/C13H15O2/c1-11(2)13(14)15-10-6-9-12-7-4-3-5-8-12/h3-4,7-8H,1,6,9-10H2,2H3. The largest absolute Gasteiger partial charge is 0.462 e. The molecule has 2 nitrogen and oxygen atoms in total. The molecule has 1 aromatic rings. The predicted molar refractivity (Wildman–Crippen MR) is 59.4 cm³/mol. The van der Waals surface area contributed by atoms with Gasteiger partial charge in [-0.05, 0) is 31.4 Å².